The molecule has 1 atom stereocenters. The Bertz CT molecular complexity index is 513. The highest BCUT2D eigenvalue weighted by Gasteiger charge is 2.09. The van der Waals surface area contributed by atoms with Gasteiger partial charge in [-0.1, -0.05) is 6.92 Å². The molecular weight excluding hydrogens is 258 g/mol. The zero-order valence-corrected chi connectivity index (χ0v) is 12.0. The quantitative estimate of drug-likeness (QED) is 0.845. The summed E-state index contributed by atoms with van der Waals surface area (Å²) in [5.74, 6) is 1.28. The van der Waals surface area contributed by atoms with E-state index < -0.39 is 0 Å². The molecule has 2 aromatic rings. The maximum atomic E-state index is 5.84. The lowest BCUT2D eigenvalue weighted by Gasteiger charge is -2.15. The number of thiophene rings is 1. The first-order valence-electron chi connectivity index (χ1n) is 6.38. The Kier molecular flexibility index (Phi) is 4.63. The summed E-state index contributed by atoms with van der Waals surface area (Å²) in [7, 11) is 0. The number of rotatable bonds is 6. The van der Waals surface area contributed by atoms with Gasteiger partial charge in [-0.25, -0.2) is 0 Å². The number of ether oxygens (including phenoxy) is 1. The summed E-state index contributed by atoms with van der Waals surface area (Å²) < 4.78 is 5.52. The van der Waals surface area contributed by atoms with Crippen LogP contribution in [0, 0.1) is 0 Å². The van der Waals surface area contributed by atoms with Gasteiger partial charge in [0.1, 0.15) is 5.82 Å². The lowest BCUT2D eigenvalue weighted by molar-refractivity contribution is 0.307. The Balaban J connectivity index is 2.08. The summed E-state index contributed by atoms with van der Waals surface area (Å²) in [5, 5.41) is 7.55. The molecule has 0 aliphatic heterocycles. The summed E-state index contributed by atoms with van der Waals surface area (Å²) >= 11 is 1.69. The zero-order chi connectivity index (χ0) is 13.7. The van der Waals surface area contributed by atoms with E-state index in [0.717, 1.165) is 12.2 Å². The highest BCUT2D eigenvalue weighted by atomic mass is 32.1. The summed E-state index contributed by atoms with van der Waals surface area (Å²) in [6.45, 7) is 4.78. The van der Waals surface area contributed by atoms with Crippen LogP contribution < -0.4 is 15.8 Å². The van der Waals surface area contributed by atoms with Gasteiger partial charge in [0, 0.05) is 0 Å². The number of pyridine rings is 1. The third-order valence-corrected chi connectivity index (χ3v) is 3.44. The van der Waals surface area contributed by atoms with E-state index in [9.17, 15) is 0 Å². The molecule has 0 spiro atoms. The van der Waals surface area contributed by atoms with E-state index in [-0.39, 0.29) is 6.04 Å². The molecule has 0 aliphatic carbocycles. The van der Waals surface area contributed by atoms with Gasteiger partial charge in [-0.15, -0.1) is 0 Å². The number of hydrogen-bond acceptors (Lipinski definition) is 5. The van der Waals surface area contributed by atoms with Crippen LogP contribution >= 0.6 is 11.3 Å². The Morgan fingerprint density at radius 2 is 2.26 bits per heavy atom. The van der Waals surface area contributed by atoms with Gasteiger partial charge in [-0.3, -0.25) is 0 Å². The van der Waals surface area contributed by atoms with Gasteiger partial charge in [0.2, 0.25) is 5.88 Å². The first-order valence-corrected chi connectivity index (χ1v) is 7.33. The maximum Gasteiger partial charge on any atom is 0.239 e. The highest BCUT2D eigenvalue weighted by Crippen LogP contribution is 2.24. The second-order valence-electron chi connectivity index (χ2n) is 4.36. The van der Waals surface area contributed by atoms with Crippen molar-refractivity contribution in [3.63, 3.8) is 0 Å². The van der Waals surface area contributed by atoms with Crippen LogP contribution in [0.25, 0.3) is 0 Å². The van der Waals surface area contributed by atoms with Crippen molar-refractivity contribution in [3.05, 3.63) is 34.5 Å². The predicted molar refractivity (Wildman–Crippen MR) is 80.8 cm³/mol. The molecule has 2 aromatic heterocycles. The smallest absolute Gasteiger partial charge is 0.239 e. The van der Waals surface area contributed by atoms with Crippen LogP contribution in [0.5, 0.6) is 5.88 Å². The number of nitrogens with zero attached hydrogens (tertiary/aromatic N) is 1. The van der Waals surface area contributed by atoms with E-state index in [2.05, 4.69) is 41.0 Å². The minimum Gasteiger partial charge on any atom is -0.476 e. The van der Waals surface area contributed by atoms with Gasteiger partial charge >= 0.3 is 0 Å². The molecule has 0 saturated heterocycles. The number of nitrogens with two attached hydrogens (primary N) is 1. The minimum absolute atomic E-state index is 0.210. The van der Waals surface area contributed by atoms with E-state index in [0.29, 0.717) is 18.2 Å². The van der Waals surface area contributed by atoms with E-state index in [1.165, 1.54) is 5.56 Å². The normalized spacial score (nSPS) is 12.1. The van der Waals surface area contributed by atoms with Crippen LogP contribution in [0.3, 0.4) is 0 Å². The summed E-state index contributed by atoms with van der Waals surface area (Å²) in [6, 6.07) is 6.01. The lowest BCUT2D eigenvalue weighted by Crippen LogP contribution is -2.09. The van der Waals surface area contributed by atoms with Crippen molar-refractivity contribution in [2.24, 2.45) is 0 Å². The third kappa shape index (κ3) is 3.61. The van der Waals surface area contributed by atoms with Crippen molar-refractivity contribution < 1.29 is 4.74 Å². The fourth-order valence-electron chi connectivity index (χ4n) is 1.67. The molecule has 19 heavy (non-hydrogen) atoms. The van der Waals surface area contributed by atoms with Crippen LogP contribution in [-0.4, -0.2) is 11.6 Å². The fourth-order valence-corrected chi connectivity index (χ4v) is 2.43. The van der Waals surface area contributed by atoms with Gasteiger partial charge in [-0.05, 0) is 47.9 Å². The number of hydrogen-bond donors (Lipinski definition) is 2. The van der Waals surface area contributed by atoms with Crippen molar-refractivity contribution in [1.82, 2.24) is 4.98 Å². The molecule has 0 aliphatic rings. The molecule has 2 heterocycles. The molecule has 3 N–H and O–H groups in total. The molecule has 1 unspecified atom stereocenters. The van der Waals surface area contributed by atoms with Crippen LogP contribution in [0.15, 0.2) is 29.0 Å². The van der Waals surface area contributed by atoms with Gasteiger partial charge in [0.05, 0.1) is 18.3 Å². The largest absolute Gasteiger partial charge is 0.476 e. The molecule has 0 saturated carbocycles. The Morgan fingerprint density at radius 1 is 1.42 bits per heavy atom. The van der Waals surface area contributed by atoms with Crippen molar-refractivity contribution in [2.75, 3.05) is 17.7 Å². The Labute approximate surface area is 117 Å². The van der Waals surface area contributed by atoms with Gasteiger partial charge in [0.25, 0.3) is 0 Å². The maximum absolute atomic E-state index is 5.84. The number of aromatic nitrogens is 1. The minimum atomic E-state index is 0.210. The monoisotopic (exact) mass is 277 g/mol. The van der Waals surface area contributed by atoms with Crippen LogP contribution in [0.2, 0.25) is 0 Å². The zero-order valence-electron chi connectivity index (χ0n) is 11.2. The first kappa shape index (κ1) is 13.7. The van der Waals surface area contributed by atoms with Gasteiger partial charge in [0.15, 0.2) is 0 Å². The third-order valence-electron chi connectivity index (χ3n) is 2.74. The molecule has 0 bridgehead atoms. The van der Waals surface area contributed by atoms with E-state index in [1.807, 2.05) is 12.1 Å². The molecule has 2 rings (SSSR count). The van der Waals surface area contributed by atoms with Crippen LogP contribution in [0.1, 0.15) is 31.9 Å². The molecule has 4 nitrogen and oxygen atoms in total. The van der Waals surface area contributed by atoms with Crippen molar-refractivity contribution in [1.29, 1.82) is 0 Å². The Hall–Kier alpha value is -1.75. The number of nitrogens with one attached hydrogen (secondary N) is 1. The van der Waals surface area contributed by atoms with Crippen molar-refractivity contribution >= 4 is 22.8 Å². The lowest BCUT2D eigenvalue weighted by atomic mass is 10.2. The second-order valence-corrected chi connectivity index (χ2v) is 5.14. The van der Waals surface area contributed by atoms with Gasteiger partial charge < -0.3 is 15.8 Å². The average Bonchev–Trinajstić information content (AvgIpc) is 2.93. The topological polar surface area (TPSA) is 60.2 Å². The second kappa shape index (κ2) is 6.43. The summed E-state index contributed by atoms with van der Waals surface area (Å²) in [5.41, 5.74) is 7.66. The van der Waals surface area contributed by atoms with Gasteiger partial charge in [-0.2, -0.15) is 16.3 Å². The molecule has 0 aromatic carbocycles. The first-order chi connectivity index (χ1) is 9.20. The SMILES string of the molecule is CCCOc1nc(NC(C)c2ccsc2)ccc1N. The fraction of sp³-hybridized carbons (Fsp3) is 0.357. The summed E-state index contributed by atoms with van der Waals surface area (Å²) in [4.78, 5) is 4.40. The van der Waals surface area contributed by atoms with E-state index in [4.69, 9.17) is 10.5 Å². The van der Waals surface area contributed by atoms with Crippen LogP contribution in [-0.2, 0) is 0 Å². The van der Waals surface area contributed by atoms with Crippen molar-refractivity contribution in [2.45, 2.75) is 26.3 Å². The summed E-state index contributed by atoms with van der Waals surface area (Å²) in [6.07, 6.45) is 0.935. The molecular formula is C14H19N3OS. The van der Waals surface area contributed by atoms with E-state index in [1.54, 1.807) is 11.3 Å². The molecule has 102 valence electrons. The molecule has 0 fully saturated rings. The predicted octanol–water partition coefficient (Wildman–Crippen LogP) is 3.69. The van der Waals surface area contributed by atoms with Crippen molar-refractivity contribution in [3.8, 4) is 5.88 Å². The molecule has 0 radical (unpaired) electrons. The number of anilines is 2. The highest BCUT2D eigenvalue weighted by molar-refractivity contribution is 7.07. The standard InChI is InChI=1S/C14H19N3OS/c1-3-7-18-14-12(15)4-5-13(17-14)16-10(2)11-6-8-19-9-11/h4-6,8-10H,3,7,15H2,1-2H3,(H,16,17). The Morgan fingerprint density at radius 3 is 2.95 bits per heavy atom. The molecule has 0 amide bonds. The average molecular weight is 277 g/mol. The van der Waals surface area contributed by atoms with Crippen LogP contribution in [0.4, 0.5) is 11.5 Å². The van der Waals surface area contributed by atoms with E-state index >= 15 is 0 Å². The molecule has 5 heteroatoms. The number of nitrogen functional groups attached to an aromatic ring is 1.